The van der Waals surface area contributed by atoms with Crippen LogP contribution in [-0.2, 0) is 16.6 Å². The zero-order chi connectivity index (χ0) is 10.6. The van der Waals surface area contributed by atoms with Gasteiger partial charge in [-0.25, -0.2) is 13.1 Å². The molecule has 0 aliphatic rings. The van der Waals surface area contributed by atoms with E-state index in [1.54, 1.807) is 6.92 Å². The van der Waals surface area contributed by atoms with Gasteiger partial charge in [0.05, 0.1) is 5.75 Å². The van der Waals surface area contributed by atoms with Crippen LogP contribution in [0, 0.1) is 6.92 Å². The second kappa shape index (κ2) is 4.57. The summed E-state index contributed by atoms with van der Waals surface area (Å²) in [7, 11) is -3.08. The Balaban J connectivity index is 2.63. The molecule has 0 amide bonds. The molecule has 0 aliphatic heterocycles. The fourth-order valence-electron chi connectivity index (χ4n) is 1.12. The van der Waals surface area contributed by atoms with Crippen molar-refractivity contribution in [3.8, 4) is 0 Å². The molecule has 1 N–H and O–H groups in total. The molecule has 0 aromatic heterocycles. The summed E-state index contributed by atoms with van der Waals surface area (Å²) in [4.78, 5) is 0. The number of aryl methyl sites for hydroxylation is 1. The molecule has 0 heterocycles. The lowest BCUT2D eigenvalue weighted by atomic mass is 10.1. The van der Waals surface area contributed by atoms with Crippen LogP contribution >= 0.6 is 0 Å². The first-order chi connectivity index (χ1) is 6.53. The lowest BCUT2D eigenvalue weighted by Gasteiger charge is -2.04. The van der Waals surface area contributed by atoms with Gasteiger partial charge in [0.2, 0.25) is 10.0 Å². The zero-order valence-corrected chi connectivity index (χ0v) is 9.26. The van der Waals surface area contributed by atoms with Crippen molar-refractivity contribution < 1.29 is 8.42 Å². The molecular weight excluding hydrogens is 198 g/mol. The van der Waals surface area contributed by atoms with Crippen LogP contribution in [0.3, 0.4) is 0 Å². The van der Waals surface area contributed by atoms with Crippen molar-refractivity contribution in [3.63, 3.8) is 0 Å². The van der Waals surface area contributed by atoms with Crippen molar-refractivity contribution in [2.45, 2.75) is 20.4 Å². The van der Waals surface area contributed by atoms with Gasteiger partial charge in [-0.15, -0.1) is 0 Å². The van der Waals surface area contributed by atoms with E-state index in [0.29, 0.717) is 6.54 Å². The quantitative estimate of drug-likeness (QED) is 0.822. The molecule has 0 unspecified atom stereocenters. The molecule has 0 spiro atoms. The number of rotatable bonds is 4. The summed E-state index contributed by atoms with van der Waals surface area (Å²) in [5, 5.41) is 0. The van der Waals surface area contributed by atoms with E-state index >= 15 is 0 Å². The standard InChI is InChI=1S/C10H15NO2S/c1-3-14(12,13)11-8-10-6-4-5-9(2)7-10/h4-7,11H,3,8H2,1-2H3. The van der Waals surface area contributed by atoms with Gasteiger partial charge < -0.3 is 0 Å². The molecule has 0 aliphatic carbocycles. The molecule has 14 heavy (non-hydrogen) atoms. The maximum absolute atomic E-state index is 11.1. The lowest BCUT2D eigenvalue weighted by Crippen LogP contribution is -2.24. The molecule has 1 rings (SSSR count). The molecule has 0 radical (unpaired) electrons. The van der Waals surface area contributed by atoms with Gasteiger partial charge in [-0.3, -0.25) is 0 Å². The Morgan fingerprint density at radius 1 is 1.36 bits per heavy atom. The second-order valence-electron chi connectivity index (χ2n) is 3.21. The highest BCUT2D eigenvalue weighted by molar-refractivity contribution is 7.89. The highest BCUT2D eigenvalue weighted by atomic mass is 32.2. The zero-order valence-electron chi connectivity index (χ0n) is 8.45. The highest BCUT2D eigenvalue weighted by Crippen LogP contribution is 2.03. The monoisotopic (exact) mass is 213 g/mol. The van der Waals surface area contributed by atoms with Gasteiger partial charge in [-0.05, 0) is 19.4 Å². The summed E-state index contributed by atoms with van der Waals surface area (Å²) in [6, 6.07) is 7.78. The molecule has 0 bridgehead atoms. The van der Waals surface area contributed by atoms with Crippen molar-refractivity contribution in [2.24, 2.45) is 0 Å². The molecular formula is C10H15NO2S. The van der Waals surface area contributed by atoms with Crippen LogP contribution in [0.4, 0.5) is 0 Å². The lowest BCUT2D eigenvalue weighted by molar-refractivity contribution is 0.582. The Morgan fingerprint density at radius 2 is 2.07 bits per heavy atom. The van der Waals surface area contributed by atoms with Gasteiger partial charge in [-0.2, -0.15) is 0 Å². The van der Waals surface area contributed by atoms with Crippen molar-refractivity contribution >= 4 is 10.0 Å². The van der Waals surface area contributed by atoms with Crippen molar-refractivity contribution in [1.29, 1.82) is 0 Å². The number of sulfonamides is 1. The maximum atomic E-state index is 11.1. The van der Waals surface area contributed by atoms with Crippen molar-refractivity contribution in [2.75, 3.05) is 5.75 Å². The fraction of sp³-hybridized carbons (Fsp3) is 0.400. The largest absolute Gasteiger partial charge is 0.212 e. The molecule has 0 saturated carbocycles. The third kappa shape index (κ3) is 3.47. The minimum atomic E-state index is -3.08. The van der Waals surface area contributed by atoms with E-state index in [9.17, 15) is 8.42 Å². The van der Waals surface area contributed by atoms with Crippen LogP contribution in [-0.4, -0.2) is 14.2 Å². The summed E-state index contributed by atoms with van der Waals surface area (Å²) in [6.07, 6.45) is 0. The van der Waals surface area contributed by atoms with Crippen LogP contribution in [0.2, 0.25) is 0 Å². The van der Waals surface area contributed by atoms with E-state index in [1.165, 1.54) is 0 Å². The molecule has 1 aromatic carbocycles. The predicted octanol–water partition coefficient (Wildman–Crippen LogP) is 1.43. The van der Waals surface area contributed by atoms with Crippen molar-refractivity contribution in [3.05, 3.63) is 35.4 Å². The normalized spacial score (nSPS) is 11.6. The SMILES string of the molecule is CCS(=O)(=O)NCc1cccc(C)c1. The molecule has 1 aromatic rings. The third-order valence-electron chi connectivity index (χ3n) is 1.96. The Morgan fingerprint density at radius 3 is 2.64 bits per heavy atom. The summed E-state index contributed by atoms with van der Waals surface area (Å²) in [5.41, 5.74) is 2.13. The molecule has 0 fully saturated rings. The number of nitrogens with one attached hydrogen (secondary N) is 1. The van der Waals surface area contributed by atoms with Gasteiger partial charge in [0.15, 0.2) is 0 Å². The average Bonchev–Trinajstić information content (AvgIpc) is 2.15. The van der Waals surface area contributed by atoms with E-state index in [4.69, 9.17) is 0 Å². The van der Waals surface area contributed by atoms with E-state index in [-0.39, 0.29) is 5.75 Å². The highest BCUT2D eigenvalue weighted by Gasteiger charge is 2.05. The average molecular weight is 213 g/mol. The Bertz CT molecular complexity index is 398. The molecule has 3 nitrogen and oxygen atoms in total. The summed E-state index contributed by atoms with van der Waals surface area (Å²) < 4.78 is 24.8. The maximum Gasteiger partial charge on any atom is 0.211 e. The Labute approximate surface area is 85.2 Å². The van der Waals surface area contributed by atoms with Crippen LogP contribution in [0.1, 0.15) is 18.1 Å². The second-order valence-corrected chi connectivity index (χ2v) is 5.31. The smallest absolute Gasteiger partial charge is 0.211 e. The van der Waals surface area contributed by atoms with Gasteiger partial charge in [0.1, 0.15) is 0 Å². The van der Waals surface area contributed by atoms with Crippen LogP contribution in [0.5, 0.6) is 0 Å². The third-order valence-corrected chi connectivity index (χ3v) is 3.30. The van der Waals surface area contributed by atoms with Crippen LogP contribution < -0.4 is 4.72 Å². The summed E-state index contributed by atoms with van der Waals surface area (Å²) >= 11 is 0. The number of hydrogen-bond acceptors (Lipinski definition) is 2. The predicted molar refractivity (Wildman–Crippen MR) is 57.5 cm³/mol. The summed E-state index contributed by atoms with van der Waals surface area (Å²) in [5.74, 6) is 0.124. The van der Waals surface area contributed by atoms with Gasteiger partial charge in [-0.1, -0.05) is 29.8 Å². The van der Waals surface area contributed by atoms with E-state index in [0.717, 1.165) is 11.1 Å². The van der Waals surface area contributed by atoms with Gasteiger partial charge >= 0.3 is 0 Å². The molecule has 78 valence electrons. The first-order valence-electron chi connectivity index (χ1n) is 4.56. The topological polar surface area (TPSA) is 46.2 Å². The van der Waals surface area contributed by atoms with E-state index in [1.807, 2.05) is 31.2 Å². The first kappa shape index (κ1) is 11.2. The fourth-order valence-corrected chi connectivity index (χ4v) is 1.71. The Hall–Kier alpha value is -0.870. The van der Waals surface area contributed by atoms with E-state index < -0.39 is 10.0 Å². The minimum Gasteiger partial charge on any atom is -0.212 e. The van der Waals surface area contributed by atoms with Gasteiger partial charge in [0.25, 0.3) is 0 Å². The number of hydrogen-bond donors (Lipinski definition) is 1. The first-order valence-corrected chi connectivity index (χ1v) is 6.21. The molecule has 0 atom stereocenters. The number of benzene rings is 1. The summed E-state index contributed by atoms with van der Waals surface area (Å²) in [6.45, 7) is 3.98. The van der Waals surface area contributed by atoms with Gasteiger partial charge in [0, 0.05) is 6.54 Å². The van der Waals surface area contributed by atoms with Crippen LogP contribution in [0.15, 0.2) is 24.3 Å². The minimum absolute atomic E-state index is 0.124. The van der Waals surface area contributed by atoms with E-state index in [2.05, 4.69) is 4.72 Å². The van der Waals surface area contributed by atoms with Crippen LogP contribution in [0.25, 0.3) is 0 Å². The Kier molecular flexibility index (Phi) is 3.66. The molecule has 0 saturated heterocycles. The van der Waals surface area contributed by atoms with Crippen molar-refractivity contribution in [1.82, 2.24) is 4.72 Å². The molecule has 4 heteroatoms.